The molecule has 1 amide bonds. The largest absolute Gasteiger partial charge is 0.466 e. The summed E-state index contributed by atoms with van der Waals surface area (Å²) in [7, 11) is 0. The predicted octanol–water partition coefficient (Wildman–Crippen LogP) is 4.37. The van der Waals surface area contributed by atoms with Crippen LogP contribution in [0.2, 0.25) is 0 Å². The number of allylic oxidation sites excluding steroid dienone is 1. The number of nitrogens with one attached hydrogen (secondary N) is 1. The minimum atomic E-state index is -0.275. The van der Waals surface area contributed by atoms with Crippen LogP contribution in [0, 0.1) is 6.92 Å². The number of carbonyl (C=O) groups excluding carboxylic acids is 2. The first-order valence-electron chi connectivity index (χ1n) is 8.52. The zero-order valence-electron chi connectivity index (χ0n) is 15.0. The molecule has 0 aliphatic carbocycles. The molecule has 0 aliphatic rings. The van der Waals surface area contributed by atoms with Gasteiger partial charge in [-0.2, -0.15) is 0 Å². The minimum absolute atomic E-state index is 0.153. The number of hydrogen-bond donors (Lipinski definition) is 1. The van der Waals surface area contributed by atoms with Crippen molar-refractivity contribution in [2.75, 3.05) is 11.9 Å². The molecular formula is C18H23N3O3S2. The van der Waals surface area contributed by atoms with E-state index in [-0.39, 0.29) is 24.7 Å². The molecule has 0 bridgehead atoms. The average Bonchev–Trinajstić information content (AvgIpc) is 3.19. The lowest BCUT2D eigenvalue weighted by molar-refractivity contribution is -0.143. The molecule has 2 aromatic rings. The topological polar surface area (TPSA) is 81.2 Å². The smallest absolute Gasteiger partial charge is 0.305 e. The van der Waals surface area contributed by atoms with Gasteiger partial charge in [0.05, 0.1) is 27.9 Å². The summed E-state index contributed by atoms with van der Waals surface area (Å²) in [6.07, 6.45) is 4.64. The third-order valence-corrected chi connectivity index (χ3v) is 5.48. The van der Waals surface area contributed by atoms with Crippen molar-refractivity contribution in [1.29, 1.82) is 0 Å². The first kappa shape index (κ1) is 20.3. The van der Waals surface area contributed by atoms with Crippen LogP contribution in [0.1, 0.15) is 43.3 Å². The molecule has 0 aromatic carbocycles. The van der Waals surface area contributed by atoms with Gasteiger partial charge in [-0.3, -0.25) is 9.59 Å². The van der Waals surface area contributed by atoms with Crippen molar-refractivity contribution in [3.63, 3.8) is 0 Å². The molecule has 6 nitrogen and oxygen atoms in total. The predicted molar refractivity (Wildman–Crippen MR) is 106 cm³/mol. The van der Waals surface area contributed by atoms with E-state index in [1.165, 1.54) is 11.3 Å². The standard InChI is InChI=1S/C18H23N3O3S2/c1-4-6-9-15-20-13(11-25-15)17-12(3)19-18(26-17)21-14(22)8-7-10-16(23)24-5-2/h4,11H,1,5-10H2,2-3H3,(H,19,21,22). The summed E-state index contributed by atoms with van der Waals surface area (Å²) in [4.78, 5) is 33.3. The molecule has 2 heterocycles. The average molecular weight is 394 g/mol. The van der Waals surface area contributed by atoms with E-state index in [2.05, 4.69) is 21.9 Å². The summed E-state index contributed by atoms with van der Waals surface area (Å²) in [6.45, 7) is 7.76. The van der Waals surface area contributed by atoms with Gasteiger partial charge in [-0.05, 0) is 26.7 Å². The second-order valence-corrected chi connectivity index (χ2v) is 7.54. The molecule has 1 N–H and O–H groups in total. The Labute approximate surface area is 161 Å². The summed E-state index contributed by atoms with van der Waals surface area (Å²) in [5.41, 5.74) is 1.74. The van der Waals surface area contributed by atoms with Gasteiger partial charge < -0.3 is 10.1 Å². The van der Waals surface area contributed by atoms with E-state index in [0.717, 1.165) is 34.1 Å². The van der Waals surface area contributed by atoms with Gasteiger partial charge in [0, 0.05) is 24.6 Å². The van der Waals surface area contributed by atoms with E-state index >= 15 is 0 Å². The quantitative estimate of drug-likeness (QED) is 0.479. The third kappa shape index (κ3) is 6.03. The van der Waals surface area contributed by atoms with Crippen molar-refractivity contribution in [2.24, 2.45) is 0 Å². The van der Waals surface area contributed by atoms with Gasteiger partial charge in [0.15, 0.2) is 5.13 Å². The van der Waals surface area contributed by atoms with Crippen LogP contribution in [0.5, 0.6) is 0 Å². The highest BCUT2D eigenvalue weighted by molar-refractivity contribution is 7.19. The van der Waals surface area contributed by atoms with E-state index < -0.39 is 0 Å². The Hall–Kier alpha value is -2.06. The van der Waals surface area contributed by atoms with Crippen LogP contribution in [0.25, 0.3) is 10.6 Å². The van der Waals surface area contributed by atoms with E-state index in [9.17, 15) is 9.59 Å². The molecule has 0 aliphatic heterocycles. The fourth-order valence-electron chi connectivity index (χ4n) is 2.25. The molecule has 0 saturated heterocycles. The van der Waals surface area contributed by atoms with Crippen LogP contribution in [-0.2, 0) is 20.7 Å². The lowest BCUT2D eigenvalue weighted by Gasteiger charge is -2.02. The lowest BCUT2D eigenvalue weighted by Crippen LogP contribution is -2.12. The molecular weight excluding hydrogens is 370 g/mol. The van der Waals surface area contributed by atoms with E-state index in [1.54, 1.807) is 18.3 Å². The number of rotatable bonds is 10. The molecule has 0 radical (unpaired) electrons. The zero-order chi connectivity index (χ0) is 18.9. The first-order valence-corrected chi connectivity index (χ1v) is 10.2. The molecule has 0 unspecified atom stereocenters. The van der Waals surface area contributed by atoms with Gasteiger partial charge in [-0.1, -0.05) is 17.4 Å². The summed E-state index contributed by atoms with van der Waals surface area (Å²) in [6, 6.07) is 0. The second-order valence-electron chi connectivity index (χ2n) is 5.59. The second kappa shape index (κ2) is 10.2. The number of aryl methyl sites for hydroxylation is 2. The highest BCUT2D eigenvalue weighted by atomic mass is 32.1. The van der Waals surface area contributed by atoms with E-state index in [0.29, 0.717) is 18.2 Å². The zero-order valence-corrected chi connectivity index (χ0v) is 16.7. The highest BCUT2D eigenvalue weighted by Gasteiger charge is 2.15. The van der Waals surface area contributed by atoms with Gasteiger partial charge in [0.25, 0.3) is 0 Å². The fourth-order valence-corrected chi connectivity index (χ4v) is 4.07. The fraction of sp³-hybridized carbons (Fsp3) is 0.444. The maximum Gasteiger partial charge on any atom is 0.305 e. The first-order chi connectivity index (χ1) is 12.5. The number of hydrogen-bond acceptors (Lipinski definition) is 7. The van der Waals surface area contributed by atoms with Crippen molar-refractivity contribution in [2.45, 2.75) is 46.0 Å². The lowest BCUT2D eigenvalue weighted by atomic mass is 10.2. The van der Waals surface area contributed by atoms with Crippen molar-refractivity contribution < 1.29 is 14.3 Å². The Balaban J connectivity index is 1.90. The number of ether oxygens (including phenoxy) is 1. The van der Waals surface area contributed by atoms with Crippen LogP contribution < -0.4 is 5.32 Å². The summed E-state index contributed by atoms with van der Waals surface area (Å²) in [5, 5.41) is 6.44. The van der Waals surface area contributed by atoms with Crippen LogP contribution in [0.3, 0.4) is 0 Å². The van der Waals surface area contributed by atoms with Crippen molar-refractivity contribution in [3.8, 4) is 10.6 Å². The molecule has 2 aromatic heterocycles. The molecule has 0 spiro atoms. The van der Waals surface area contributed by atoms with Crippen molar-refractivity contribution in [1.82, 2.24) is 9.97 Å². The Kier molecular flexibility index (Phi) is 7.93. The Morgan fingerprint density at radius 2 is 2.15 bits per heavy atom. The number of carbonyl (C=O) groups is 2. The maximum atomic E-state index is 12.0. The molecule has 8 heteroatoms. The Morgan fingerprint density at radius 1 is 1.35 bits per heavy atom. The molecule has 0 saturated carbocycles. The van der Waals surface area contributed by atoms with Crippen molar-refractivity contribution >= 4 is 39.7 Å². The highest BCUT2D eigenvalue weighted by Crippen LogP contribution is 2.33. The minimum Gasteiger partial charge on any atom is -0.466 e. The van der Waals surface area contributed by atoms with Gasteiger partial charge in [-0.25, -0.2) is 9.97 Å². The van der Waals surface area contributed by atoms with Crippen LogP contribution in [0.15, 0.2) is 18.0 Å². The number of amides is 1. The molecule has 140 valence electrons. The molecule has 26 heavy (non-hydrogen) atoms. The number of thiazole rings is 2. The summed E-state index contributed by atoms with van der Waals surface area (Å²) >= 11 is 3.04. The van der Waals surface area contributed by atoms with Crippen LogP contribution in [0.4, 0.5) is 5.13 Å². The third-order valence-electron chi connectivity index (χ3n) is 3.48. The molecule has 2 rings (SSSR count). The van der Waals surface area contributed by atoms with Gasteiger partial charge >= 0.3 is 5.97 Å². The normalized spacial score (nSPS) is 10.5. The number of aromatic nitrogens is 2. The SMILES string of the molecule is C=CCCc1nc(-c2sc(NC(=O)CCCC(=O)OCC)nc2C)cs1. The number of anilines is 1. The van der Waals surface area contributed by atoms with E-state index in [4.69, 9.17) is 4.74 Å². The maximum absolute atomic E-state index is 12.0. The van der Waals surface area contributed by atoms with E-state index in [1.807, 2.05) is 18.4 Å². The number of esters is 1. The van der Waals surface area contributed by atoms with Gasteiger partial charge in [-0.15, -0.1) is 17.9 Å². The van der Waals surface area contributed by atoms with Gasteiger partial charge in [0.2, 0.25) is 5.91 Å². The monoisotopic (exact) mass is 393 g/mol. The molecule has 0 fully saturated rings. The van der Waals surface area contributed by atoms with Crippen molar-refractivity contribution in [3.05, 3.63) is 28.7 Å². The summed E-state index contributed by atoms with van der Waals surface area (Å²) in [5.74, 6) is -0.428. The van der Waals surface area contributed by atoms with Crippen LogP contribution >= 0.6 is 22.7 Å². The Bertz CT molecular complexity index is 768. The summed E-state index contributed by atoms with van der Waals surface area (Å²) < 4.78 is 4.84. The molecule has 0 atom stereocenters. The Morgan fingerprint density at radius 3 is 2.88 bits per heavy atom. The van der Waals surface area contributed by atoms with Gasteiger partial charge in [0.1, 0.15) is 0 Å². The number of nitrogens with zero attached hydrogens (tertiary/aromatic N) is 2. The van der Waals surface area contributed by atoms with Crippen LogP contribution in [-0.4, -0.2) is 28.5 Å².